The summed E-state index contributed by atoms with van der Waals surface area (Å²) in [6.45, 7) is 5.99. The van der Waals surface area contributed by atoms with E-state index in [9.17, 15) is 4.79 Å². The quantitative estimate of drug-likeness (QED) is 0.700. The van der Waals surface area contributed by atoms with Gasteiger partial charge in [-0.1, -0.05) is 33.0 Å². The number of hydrogen-bond acceptors (Lipinski definition) is 2. The molecule has 0 aromatic heterocycles. The van der Waals surface area contributed by atoms with Gasteiger partial charge in [-0.15, -0.1) is 0 Å². The molecular formula is C11H20N2OS. The van der Waals surface area contributed by atoms with Gasteiger partial charge in [-0.2, -0.15) is 0 Å². The molecule has 0 radical (unpaired) electrons. The Labute approximate surface area is 96.8 Å². The van der Waals surface area contributed by atoms with Crippen LogP contribution in [0.3, 0.4) is 0 Å². The second-order valence-electron chi connectivity index (χ2n) is 4.76. The van der Waals surface area contributed by atoms with Crippen molar-refractivity contribution in [1.29, 1.82) is 0 Å². The van der Waals surface area contributed by atoms with E-state index in [2.05, 4.69) is 5.32 Å². The molecule has 0 aromatic carbocycles. The zero-order valence-electron chi connectivity index (χ0n) is 9.62. The molecule has 0 spiro atoms. The Morgan fingerprint density at radius 3 is 2.27 bits per heavy atom. The van der Waals surface area contributed by atoms with Crippen LogP contribution in [0.1, 0.15) is 33.6 Å². The lowest BCUT2D eigenvalue weighted by Gasteiger charge is -2.23. The van der Waals surface area contributed by atoms with Crippen LogP contribution in [0.5, 0.6) is 0 Å². The van der Waals surface area contributed by atoms with Crippen LogP contribution in [0.15, 0.2) is 0 Å². The number of rotatable bonds is 5. The first kappa shape index (κ1) is 12.4. The molecule has 2 atom stereocenters. The molecule has 0 aliphatic heterocycles. The molecule has 0 heterocycles. The van der Waals surface area contributed by atoms with E-state index in [1.807, 2.05) is 20.8 Å². The van der Waals surface area contributed by atoms with Crippen LogP contribution in [-0.2, 0) is 4.79 Å². The molecule has 3 nitrogen and oxygen atoms in total. The van der Waals surface area contributed by atoms with Crippen molar-refractivity contribution in [2.45, 2.75) is 39.7 Å². The van der Waals surface area contributed by atoms with Gasteiger partial charge in [-0.25, -0.2) is 0 Å². The van der Waals surface area contributed by atoms with Crippen molar-refractivity contribution in [3.05, 3.63) is 0 Å². The van der Waals surface area contributed by atoms with E-state index in [0.717, 1.165) is 0 Å². The third-order valence-corrected chi connectivity index (χ3v) is 3.27. The number of nitrogens with two attached hydrogens (primary N) is 1. The largest absolute Gasteiger partial charge is 0.392 e. The van der Waals surface area contributed by atoms with E-state index in [4.69, 9.17) is 18.0 Å². The van der Waals surface area contributed by atoms with E-state index in [1.165, 1.54) is 12.8 Å². The van der Waals surface area contributed by atoms with Crippen molar-refractivity contribution in [1.82, 2.24) is 5.32 Å². The second kappa shape index (κ2) is 4.92. The van der Waals surface area contributed by atoms with Gasteiger partial charge in [0, 0.05) is 5.92 Å². The maximum absolute atomic E-state index is 11.8. The fraction of sp³-hybridized carbons (Fsp3) is 0.818. The van der Waals surface area contributed by atoms with Crippen LogP contribution >= 0.6 is 12.2 Å². The molecule has 2 unspecified atom stereocenters. The summed E-state index contributed by atoms with van der Waals surface area (Å²) in [5.74, 6) is 1.01. The number of hydrogen-bond donors (Lipinski definition) is 2. The molecule has 86 valence electrons. The van der Waals surface area contributed by atoms with Crippen LogP contribution in [-0.4, -0.2) is 16.9 Å². The third-order valence-electron chi connectivity index (χ3n) is 3.01. The maximum atomic E-state index is 11.8. The van der Waals surface area contributed by atoms with Crippen LogP contribution in [0.4, 0.5) is 0 Å². The topological polar surface area (TPSA) is 55.1 Å². The molecule has 0 saturated heterocycles. The standard InChI is InChI=1S/C11H20N2OS/c1-6(2)9(10(12)15)13-11(14)7(3)8-4-5-8/h6-9H,4-5H2,1-3H3,(H2,12,15)(H,13,14). The van der Waals surface area contributed by atoms with Gasteiger partial charge in [0.1, 0.15) is 0 Å². The summed E-state index contributed by atoms with van der Waals surface area (Å²) in [7, 11) is 0. The minimum absolute atomic E-state index is 0.0870. The van der Waals surface area contributed by atoms with Gasteiger partial charge in [0.2, 0.25) is 5.91 Å². The molecule has 1 fully saturated rings. The molecule has 4 heteroatoms. The van der Waals surface area contributed by atoms with E-state index in [-0.39, 0.29) is 23.8 Å². The summed E-state index contributed by atoms with van der Waals surface area (Å²) < 4.78 is 0. The lowest BCUT2D eigenvalue weighted by atomic mass is 10.0. The molecule has 1 rings (SSSR count). The van der Waals surface area contributed by atoms with Crippen molar-refractivity contribution in [3.63, 3.8) is 0 Å². The Morgan fingerprint density at radius 1 is 1.40 bits per heavy atom. The summed E-state index contributed by atoms with van der Waals surface area (Å²) >= 11 is 4.94. The summed E-state index contributed by atoms with van der Waals surface area (Å²) in [6, 6.07) is -0.173. The number of nitrogens with one attached hydrogen (secondary N) is 1. The van der Waals surface area contributed by atoms with Crippen molar-refractivity contribution < 1.29 is 4.79 Å². The van der Waals surface area contributed by atoms with Gasteiger partial charge in [0.05, 0.1) is 11.0 Å². The molecule has 1 saturated carbocycles. The number of carbonyl (C=O) groups is 1. The summed E-state index contributed by atoms with van der Waals surface area (Å²) in [6.07, 6.45) is 2.35. The molecule has 3 N–H and O–H groups in total. The van der Waals surface area contributed by atoms with Crippen LogP contribution in [0.2, 0.25) is 0 Å². The third kappa shape index (κ3) is 3.45. The van der Waals surface area contributed by atoms with Gasteiger partial charge in [-0.05, 0) is 24.7 Å². The van der Waals surface area contributed by atoms with E-state index in [0.29, 0.717) is 10.9 Å². The fourth-order valence-electron chi connectivity index (χ4n) is 1.66. The minimum atomic E-state index is -0.173. The Bertz CT molecular complexity index is 261. The van der Waals surface area contributed by atoms with E-state index >= 15 is 0 Å². The SMILES string of the molecule is CC(C)C(NC(=O)C(C)C1CC1)C(N)=S. The Kier molecular flexibility index (Phi) is 4.08. The molecule has 0 aromatic rings. The highest BCUT2D eigenvalue weighted by atomic mass is 32.1. The number of carbonyl (C=O) groups excluding carboxylic acids is 1. The fourth-order valence-corrected chi connectivity index (χ4v) is 1.99. The van der Waals surface area contributed by atoms with Crippen LogP contribution < -0.4 is 11.1 Å². The lowest BCUT2D eigenvalue weighted by molar-refractivity contribution is -0.125. The van der Waals surface area contributed by atoms with Gasteiger partial charge >= 0.3 is 0 Å². The zero-order chi connectivity index (χ0) is 11.6. The van der Waals surface area contributed by atoms with Crippen molar-refractivity contribution >= 4 is 23.1 Å². The normalized spacial score (nSPS) is 19.7. The van der Waals surface area contributed by atoms with Gasteiger partial charge in [0.15, 0.2) is 0 Å². The van der Waals surface area contributed by atoms with Crippen LogP contribution in [0, 0.1) is 17.8 Å². The zero-order valence-corrected chi connectivity index (χ0v) is 10.4. The van der Waals surface area contributed by atoms with E-state index < -0.39 is 0 Å². The Balaban J connectivity index is 2.49. The Hall–Kier alpha value is -0.640. The molecule has 1 amide bonds. The number of thiocarbonyl (C=S) groups is 1. The van der Waals surface area contributed by atoms with E-state index in [1.54, 1.807) is 0 Å². The summed E-state index contributed by atoms with van der Waals surface area (Å²) in [5.41, 5.74) is 5.59. The summed E-state index contributed by atoms with van der Waals surface area (Å²) in [4.78, 5) is 12.2. The Morgan fingerprint density at radius 2 is 1.93 bits per heavy atom. The average Bonchev–Trinajstić information content (AvgIpc) is 2.94. The molecule has 15 heavy (non-hydrogen) atoms. The predicted octanol–water partition coefficient (Wildman–Crippen LogP) is 1.46. The molecule has 1 aliphatic carbocycles. The first-order valence-corrected chi connectivity index (χ1v) is 5.94. The van der Waals surface area contributed by atoms with Crippen molar-refractivity contribution in [2.24, 2.45) is 23.5 Å². The smallest absolute Gasteiger partial charge is 0.223 e. The monoisotopic (exact) mass is 228 g/mol. The summed E-state index contributed by atoms with van der Waals surface area (Å²) in [5, 5.41) is 2.93. The first-order chi connectivity index (χ1) is 6.93. The maximum Gasteiger partial charge on any atom is 0.223 e. The highest BCUT2D eigenvalue weighted by molar-refractivity contribution is 7.80. The molecule has 1 aliphatic rings. The minimum Gasteiger partial charge on any atom is -0.392 e. The highest BCUT2D eigenvalue weighted by Gasteiger charge is 2.33. The van der Waals surface area contributed by atoms with Crippen molar-refractivity contribution in [3.8, 4) is 0 Å². The predicted molar refractivity (Wildman–Crippen MR) is 65.4 cm³/mol. The average molecular weight is 228 g/mol. The van der Waals surface area contributed by atoms with Crippen LogP contribution in [0.25, 0.3) is 0 Å². The van der Waals surface area contributed by atoms with Gasteiger partial charge < -0.3 is 11.1 Å². The molecular weight excluding hydrogens is 208 g/mol. The van der Waals surface area contributed by atoms with Crippen molar-refractivity contribution in [2.75, 3.05) is 0 Å². The number of amides is 1. The molecule has 0 bridgehead atoms. The first-order valence-electron chi connectivity index (χ1n) is 5.53. The second-order valence-corrected chi connectivity index (χ2v) is 5.23. The van der Waals surface area contributed by atoms with Gasteiger partial charge in [0.25, 0.3) is 0 Å². The lowest BCUT2D eigenvalue weighted by Crippen LogP contribution is -2.48. The van der Waals surface area contributed by atoms with Gasteiger partial charge in [-0.3, -0.25) is 4.79 Å². The highest BCUT2D eigenvalue weighted by Crippen LogP contribution is 2.36.